The van der Waals surface area contributed by atoms with Gasteiger partial charge in [0.2, 0.25) is 0 Å². The molecule has 0 heterocycles. The van der Waals surface area contributed by atoms with E-state index in [4.69, 9.17) is 0 Å². The fourth-order valence-corrected chi connectivity index (χ4v) is 4.44. The van der Waals surface area contributed by atoms with Gasteiger partial charge in [-0.3, -0.25) is 0 Å². The molecule has 21 heavy (non-hydrogen) atoms. The van der Waals surface area contributed by atoms with Crippen LogP contribution in [0.5, 0.6) is 0 Å². The van der Waals surface area contributed by atoms with Crippen LogP contribution in [-0.4, -0.2) is 5.75 Å². The molecule has 0 unspecified atom stereocenters. The van der Waals surface area contributed by atoms with Crippen LogP contribution in [0.15, 0.2) is 50.8 Å². The van der Waals surface area contributed by atoms with Crippen molar-refractivity contribution in [2.24, 2.45) is 0 Å². The summed E-state index contributed by atoms with van der Waals surface area (Å²) in [6, 6.07) is 8.89. The van der Waals surface area contributed by atoms with Crippen LogP contribution >= 0.6 is 11.8 Å². The molecule has 0 saturated heterocycles. The number of hydrogen-bond donors (Lipinski definition) is 0. The molecule has 0 atom stereocenters. The molecule has 4 heteroatoms. The van der Waals surface area contributed by atoms with Crippen molar-refractivity contribution in [1.82, 2.24) is 0 Å². The van der Waals surface area contributed by atoms with E-state index in [-0.39, 0.29) is 30.2 Å². The largest absolute Gasteiger partial charge is 1.00 e. The van der Waals surface area contributed by atoms with Crippen LogP contribution in [0.3, 0.4) is 0 Å². The zero-order valence-electron chi connectivity index (χ0n) is 12.7. The molecular formula is C17H21Cl2STi. The van der Waals surface area contributed by atoms with Gasteiger partial charge in [-0.1, -0.05) is 0 Å². The number of halogens is 2. The van der Waals surface area contributed by atoms with Crippen LogP contribution in [-0.2, 0) is 25.9 Å². The van der Waals surface area contributed by atoms with Gasteiger partial charge in [-0.15, -0.1) is 0 Å². The van der Waals surface area contributed by atoms with Crippen LogP contribution in [0, 0.1) is 0 Å². The van der Waals surface area contributed by atoms with E-state index in [0.29, 0.717) is 0 Å². The minimum absolute atomic E-state index is 0. The quantitative estimate of drug-likeness (QED) is 0.481. The van der Waals surface area contributed by atoms with Crippen molar-refractivity contribution in [2.75, 3.05) is 5.75 Å². The van der Waals surface area contributed by atoms with Gasteiger partial charge in [0, 0.05) is 0 Å². The molecule has 1 aliphatic rings. The van der Waals surface area contributed by atoms with Gasteiger partial charge in [-0.05, 0) is 0 Å². The van der Waals surface area contributed by atoms with Gasteiger partial charge in [-0.2, -0.15) is 0 Å². The monoisotopic (exact) mass is 375 g/mol. The predicted octanol–water partition coefficient (Wildman–Crippen LogP) is -0.765. The molecule has 1 aliphatic carbocycles. The summed E-state index contributed by atoms with van der Waals surface area (Å²) >= 11 is 4.25. The fourth-order valence-electron chi connectivity index (χ4n) is 2.56. The normalized spacial score (nSPS) is 14.0. The number of hydrogen-bond acceptors (Lipinski definition) is 1. The molecule has 0 aliphatic heterocycles. The molecule has 0 amide bonds. The van der Waals surface area contributed by atoms with Crippen LogP contribution < -0.4 is 24.8 Å². The zero-order chi connectivity index (χ0) is 13.9. The van der Waals surface area contributed by atoms with Gasteiger partial charge in [-0.25, -0.2) is 0 Å². The number of benzene rings is 1. The Morgan fingerprint density at radius 1 is 1.19 bits per heavy atom. The molecule has 0 saturated carbocycles. The Morgan fingerprint density at radius 2 is 1.86 bits per heavy atom. The Bertz CT molecular complexity index is 521. The van der Waals surface area contributed by atoms with Crippen molar-refractivity contribution in [2.45, 2.75) is 43.9 Å². The van der Waals surface area contributed by atoms with Gasteiger partial charge in [0.15, 0.2) is 0 Å². The first-order chi connectivity index (χ1) is 9.07. The number of rotatable bonds is 5. The SMILES string of the molecule is CCCSc1ccccc1C(C)(C)C1=[C]([Ti+2])CC=C1.[Cl-].[Cl-]. The zero-order valence-corrected chi connectivity index (χ0v) is 16.6. The second-order valence-corrected chi connectivity index (χ2v) is 7.55. The summed E-state index contributed by atoms with van der Waals surface area (Å²) in [6.45, 7) is 6.95. The maximum atomic E-state index is 2.35. The summed E-state index contributed by atoms with van der Waals surface area (Å²) < 4.78 is 1.51. The Morgan fingerprint density at radius 3 is 2.43 bits per heavy atom. The maximum Gasteiger partial charge on any atom is -1.00 e. The topological polar surface area (TPSA) is 0 Å². The Labute approximate surface area is 157 Å². The third-order valence-corrected chi connectivity index (χ3v) is 5.65. The average Bonchev–Trinajstić information content (AvgIpc) is 2.83. The van der Waals surface area contributed by atoms with E-state index in [1.165, 1.54) is 32.1 Å². The van der Waals surface area contributed by atoms with Crippen molar-refractivity contribution in [1.29, 1.82) is 0 Å². The molecule has 0 N–H and O–H groups in total. The fraction of sp³-hybridized carbons (Fsp3) is 0.412. The first-order valence-electron chi connectivity index (χ1n) is 6.91. The average molecular weight is 376 g/mol. The van der Waals surface area contributed by atoms with E-state index in [1.807, 2.05) is 11.8 Å². The van der Waals surface area contributed by atoms with E-state index in [2.05, 4.69) is 77.6 Å². The summed E-state index contributed by atoms with van der Waals surface area (Å²) in [5.41, 5.74) is 3.07. The van der Waals surface area contributed by atoms with Crippen LogP contribution in [0.1, 0.15) is 39.2 Å². The van der Waals surface area contributed by atoms with Crippen molar-refractivity contribution in [3.05, 3.63) is 51.4 Å². The van der Waals surface area contributed by atoms with E-state index in [1.54, 1.807) is 0 Å². The summed E-state index contributed by atoms with van der Waals surface area (Å²) in [4.78, 5) is 1.44. The van der Waals surface area contributed by atoms with Crippen molar-refractivity contribution >= 4 is 11.8 Å². The smallest absolute Gasteiger partial charge is 1.00 e. The van der Waals surface area contributed by atoms with Gasteiger partial charge in [0.25, 0.3) is 0 Å². The molecule has 0 aromatic heterocycles. The van der Waals surface area contributed by atoms with Crippen molar-refractivity contribution in [3.63, 3.8) is 0 Å². The maximum absolute atomic E-state index is 2.35. The van der Waals surface area contributed by atoms with E-state index in [9.17, 15) is 0 Å². The van der Waals surface area contributed by atoms with Gasteiger partial charge in [0.1, 0.15) is 0 Å². The third-order valence-electron chi connectivity index (χ3n) is 3.63. The summed E-state index contributed by atoms with van der Waals surface area (Å²) in [6.07, 6.45) is 6.94. The molecule has 0 bridgehead atoms. The first kappa shape index (κ1) is 21.3. The van der Waals surface area contributed by atoms with E-state index in [0.717, 1.165) is 6.42 Å². The van der Waals surface area contributed by atoms with Crippen LogP contribution in [0.25, 0.3) is 0 Å². The molecule has 0 fully saturated rings. The molecule has 2 rings (SSSR count). The van der Waals surface area contributed by atoms with Crippen LogP contribution in [0.4, 0.5) is 0 Å². The second kappa shape index (κ2) is 9.48. The molecule has 1 aromatic rings. The van der Waals surface area contributed by atoms with Gasteiger partial charge >= 0.3 is 133 Å². The third kappa shape index (κ3) is 4.91. The Balaban J connectivity index is 0.00000200. The Kier molecular flexibility index (Phi) is 9.63. The van der Waals surface area contributed by atoms with Crippen molar-refractivity contribution < 1.29 is 45.2 Å². The second-order valence-electron chi connectivity index (χ2n) is 5.47. The van der Waals surface area contributed by atoms with E-state index < -0.39 is 0 Å². The minimum atomic E-state index is 0. The summed E-state index contributed by atoms with van der Waals surface area (Å²) in [5, 5.41) is 0. The number of thioether (sulfide) groups is 1. The van der Waals surface area contributed by atoms with Gasteiger partial charge < -0.3 is 24.8 Å². The minimum Gasteiger partial charge on any atom is -1.00 e. The standard InChI is InChI=1S/C17H21S.2ClH.Ti/c1-4-13-18-16-12-8-7-11-15(16)17(2,3)14-9-5-6-10-14;;;/h5,7-9,11-12H,4,6,13H2,1-3H3;2*1H;/q;;;+2/p-2. The summed E-state index contributed by atoms with van der Waals surface area (Å²) in [7, 11) is 0. The van der Waals surface area contributed by atoms with Crippen molar-refractivity contribution in [3.8, 4) is 0 Å². The molecule has 113 valence electrons. The van der Waals surface area contributed by atoms with E-state index >= 15 is 0 Å². The van der Waals surface area contributed by atoms with Crippen LogP contribution in [0.2, 0.25) is 0 Å². The molecule has 0 nitrogen and oxygen atoms in total. The molecule has 0 radical (unpaired) electrons. The molecule has 1 aromatic carbocycles. The molecular weight excluding hydrogens is 355 g/mol. The molecule has 0 spiro atoms. The predicted molar refractivity (Wildman–Crippen MR) is 81.3 cm³/mol. The summed E-state index contributed by atoms with van der Waals surface area (Å²) in [5.74, 6) is 1.20. The van der Waals surface area contributed by atoms with Gasteiger partial charge in [0.05, 0.1) is 0 Å². The Hall–Kier alpha value is 0.344. The first-order valence-corrected chi connectivity index (χ1v) is 8.68. The number of allylic oxidation sites excluding steroid dienone is 4.